The molecule has 0 radical (unpaired) electrons. The smallest absolute Gasteiger partial charge is 0.00612 e. The summed E-state index contributed by atoms with van der Waals surface area (Å²) in [6.45, 7) is 6.95. The van der Waals surface area contributed by atoms with Crippen molar-refractivity contribution >= 4 is 0 Å². The van der Waals surface area contributed by atoms with Crippen molar-refractivity contribution in [1.29, 1.82) is 0 Å². The van der Waals surface area contributed by atoms with Crippen molar-refractivity contribution in [3.63, 3.8) is 0 Å². The summed E-state index contributed by atoms with van der Waals surface area (Å²) in [6.07, 6.45) is 0. The molecule has 150 valence electrons. The van der Waals surface area contributed by atoms with Crippen LogP contribution in [-0.2, 0) is 0 Å². The van der Waals surface area contributed by atoms with Gasteiger partial charge in [0, 0.05) is 17.8 Å². The Bertz CT molecular complexity index is 911. The Morgan fingerprint density at radius 2 is 0.567 bits per heavy atom. The zero-order valence-electron chi connectivity index (χ0n) is 18.1. The third-order valence-corrected chi connectivity index (χ3v) is 6.40. The topological polar surface area (TPSA) is 0 Å². The van der Waals surface area contributed by atoms with Gasteiger partial charge in [-0.15, -0.1) is 0 Å². The molecule has 0 bridgehead atoms. The highest BCUT2D eigenvalue weighted by molar-refractivity contribution is 5.44. The summed E-state index contributed by atoms with van der Waals surface area (Å²) in [4.78, 5) is 0. The summed E-state index contributed by atoms with van der Waals surface area (Å²) in [5, 5.41) is 0. The minimum Gasteiger partial charge on any atom is -0.0622 e. The largest absolute Gasteiger partial charge is 0.0622 e. The van der Waals surface area contributed by atoms with E-state index >= 15 is 0 Å². The molecule has 4 rings (SSSR count). The van der Waals surface area contributed by atoms with E-state index in [0.717, 1.165) is 0 Å². The highest BCUT2D eigenvalue weighted by Gasteiger charge is 2.17. The maximum atomic E-state index is 2.41. The Morgan fingerprint density at radius 1 is 0.333 bits per heavy atom. The first-order valence-corrected chi connectivity index (χ1v) is 10.9. The van der Waals surface area contributed by atoms with Crippen LogP contribution in [0.15, 0.2) is 109 Å². The lowest BCUT2D eigenvalue weighted by Crippen LogP contribution is -2.05. The van der Waals surface area contributed by atoms with Gasteiger partial charge in [0.1, 0.15) is 0 Å². The van der Waals surface area contributed by atoms with Crippen LogP contribution in [0.5, 0.6) is 0 Å². The van der Waals surface area contributed by atoms with Crippen LogP contribution in [0.4, 0.5) is 0 Å². The predicted molar refractivity (Wildman–Crippen MR) is 128 cm³/mol. The van der Waals surface area contributed by atoms with Crippen molar-refractivity contribution in [2.24, 2.45) is 0 Å². The third-order valence-electron chi connectivity index (χ3n) is 6.40. The van der Waals surface area contributed by atoms with Crippen molar-refractivity contribution in [3.8, 4) is 0 Å². The molecule has 0 aliphatic rings. The van der Waals surface area contributed by atoms with Gasteiger partial charge in [-0.1, -0.05) is 130 Å². The van der Waals surface area contributed by atoms with E-state index in [1.54, 1.807) is 0 Å². The van der Waals surface area contributed by atoms with E-state index in [-0.39, 0.29) is 0 Å². The monoisotopic (exact) mass is 390 g/mol. The van der Waals surface area contributed by atoms with Crippen molar-refractivity contribution in [1.82, 2.24) is 0 Å². The average molecular weight is 391 g/mol. The molecule has 0 amide bonds. The summed E-state index contributed by atoms with van der Waals surface area (Å²) in [5.41, 5.74) is 8.25. The maximum absolute atomic E-state index is 2.41. The van der Waals surface area contributed by atoms with Gasteiger partial charge in [-0.2, -0.15) is 0 Å². The van der Waals surface area contributed by atoms with Crippen molar-refractivity contribution < 1.29 is 0 Å². The standard InChI is InChI=1S/C30H30/c1-22(25-13-7-4-8-14-25)28-19-29(23(2)26-15-9-5-10-16-26)21-30(20-28)24(3)27-17-11-6-12-18-27/h4-24H,1-3H3. The molecule has 0 aromatic heterocycles. The maximum Gasteiger partial charge on any atom is 0.00612 e. The van der Waals surface area contributed by atoms with Crippen LogP contribution < -0.4 is 0 Å². The normalized spacial score (nSPS) is 14.1. The van der Waals surface area contributed by atoms with Crippen molar-refractivity contribution in [2.45, 2.75) is 38.5 Å². The lowest BCUT2D eigenvalue weighted by atomic mass is 9.82. The summed E-state index contributed by atoms with van der Waals surface area (Å²) in [7, 11) is 0. The second-order valence-electron chi connectivity index (χ2n) is 8.33. The Kier molecular flexibility index (Phi) is 6.14. The Morgan fingerprint density at radius 3 is 0.800 bits per heavy atom. The minimum atomic E-state index is 0.357. The van der Waals surface area contributed by atoms with Crippen LogP contribution in [0.2, 0.25) is 0 Å². The first-order chi connectivity index (χ1) is 14.6. The highest BCUT2D eigenvalue weighted by atomic mass is 14.2. The summed E-state index contributed by atoms with van der Waals surface area (Å²) < 4.78 is 0. The SMILES string of the molecule is CC(c1ccccc1)c1cc(C(C)c2ccccc2)cc(C(C)c2ccccc2)c1. The van der Waals surface area contributed by atoms with E-state index in [9.17, 15) is 0 Å². The lowest BCUT2D eigenvalue weighted by Gasteiger charge is -2.22. The van der Waals surface area contributed by atoms with Crippen LogP contribution in [0, 0.1) is 0 Å². The van der Waals surface area contributed by atoms with E-state index in [2.05, 4.69) is 130 Å². The quantitative estimate of drug-likeness (QED) is 0.312. The van der Waals surface area contributed by atoms with Crippen molar-refractivity contribution in [3.05, 3.63) is 143 Å². The second kappa shape index (κ2) is 9.13. The van der Waals surface area contributed by atoms with Gasteiger partial charge >= 0.3 is 0 Å². The molecule has 0 aliphatic carbocycles. The van der Waals surface area contributed by atoms with Gasteiger partial charge in [-0.05, 0) is 33.4 Å². The molecule has 0 saturated heterocycles. The molecule has 0 heterocycles. The fourth-order valence-electron chi connectivity index (χ4n) is 4.25. The van der Waals surface area contributed by atoms with Gasteiger partial charge in [-0.25, -0.2) is 0 Å². The van der Waals surface area contributed by atoms with Crippen LogP contribution >= 0.6 is 0 Å². The van der Waals surface area contributed by atoms with E-state index in [0.29, 0.717) is 17.8 Å². The molecule has 30 heavy (non-hydrogen) atoms. The molecule has 4 aromatic carbocycles. The lowest BCUT2D eigenvalue weighted by molar-refractivity contribution is 0.855. The van der Waals surface area contributed by atoms with Gasteiger partial charge in [-0.3, -0.25) is 0 Å². The number of rotatable bonds is 6. The first kappa shape index (κ1) is 20.2. The van der Waals surface area contributed by atoms with E-state index in [1.807, 2.05) is 0 Å². The molecular formula is C30H30. The molecule has 0 spiro atoms. The molecule has 0 heteroatoms. The number of benzene rings is 4. The van der Waals surface area contributed by atoms with Gasteiger partial charge in [0.25, 0.3) is 0 Å². The third kappa shape index (κ3) is 4.39. The second-order valence-corrected chi connectivity index (χ2v) is 8.33. The molecule has 3 unspecified atom stereocenters. The van der Waals surface area contributed by atoms with Crippen LogP contribution in [0.1, 0.15) is 71.9 Å². The zero-order chi connectivity index (χ0) is 20.9. The van der Waals surface area contributed by atoms with E-state index in [1.165, 1.54) is 33.4 Å². The fourth-order valence-corrected chi connectivity index (χ4v) is 4.25. The van der Waals surface area contributed by atoms with Crippen LogP contribution in [0.3, 0.4) is 0 Å². The van der Waals surface area contributed by atoms with Gasteiger partial charge in [0.2, 0.25) is 0 Å². The number of hydrogen-bond acceptors (Lipinski definition) is 0. The summed E-state index contributed by atoms with van der Waals surface area (Å²) >= 11 is 0. The molecule has 0 N–H and O–H groups in total. The molecule has 0 saturated carbocycles. The van der Waals surface area contributed by atoms with Gasteiger partial charge < -0.3 is 0 Å². The molecule has 0 aliphatic heterocycles. The Labute approximate surface area is 181 Å². The summed E-state index contributed by atoms with van der Waals surface area (Å²) in [5.74, 6) is 1.07. The minimum absolute atomic E-state index is 0.357. The Balaban J connectivity index is 1.79. The molecule has 0 fully saturated rings. The van der Waals surface area contributed by atoms with Gasteiger partial charge in [0.15, 0.2) is 0 Å². The molecule has 4 aromatic rings. The Hall–Kier alpha value is -3.12. The first-order valence-electron chi connectivity index (χ1n) is 10.9. The number of hydrogen-bond donors (Lipinski definition) is 0. The van der Waals surface area contributed by atoms with E-state index < -0.39 is 0 Å². The van der Waals surface area contributed by atoms with Crippen LogP contribution in [-0.4, -0.2) is 0 Å². The predicted octanol–water partition coefficient (Wildman–Crippen LogP) is 8.14. The van der Waals surface area contributed by atoms with Gasteiger partial charge in [0.05, 0.1) is 0 Å². The molecule has 0 nitrogen and oxygen atoms in total. The van der Waals surface area contributed by atoms with Crippen molar-refractivity contribution in [2.75, 3.05) is 0 Å². The van der Waals surface area contributed by atoms with Crippen LogP contribution in [0.25, 0.3) is 0 Å². The highest BCUT2D eigenvalue weighted by Crippen LogP contribution is 2.34. The van der Waals surface area contributed by atoms with E-state index in [4.69, 9.17) is 0 Å². The fraction of sp³-hybridized carbons (Fsp3) is 0.200. The molecule has 3 atom stereocenters. The zero-order valence-corrected chi connectivity index (χ0v) is 18.1. The average Bonchev–Trinajstić information content (AvgIpc) is 2.84. The molecular weight excluding hydrogens is 360 g/mol. The summed E-state index contributed by atoms with van der Waals surface area (Å²) in [6, 6.07) is 39.7.